The first-order valence-corrected chi connectivity index (χ1v) is 12.0. The van der Waals surface area contributed by atoms with Crippen molar-refractivity contribution < 1.29 is 36.7 Å². The van der Waals surface area contributed by atoms with Gasteiger partial charge in [0.2, 0.25) is 15.8 Å². The van der Waals surface area contributed by atoms with E-state index in [1.165, 1.54) is 18.2 Å². The zero-order chi connectivity index (χ0) is 24.0. The summed E-state index contributed by atoms with van der Waals surface area (Å²) in [6, 6.07) is 11.4. The maximum atomic E-state index is 12.6. The zero-order valence-corrected chi connectivity index (χ0v) is 19.2. The lowest BCUT2D eigenvalue weighted by Gasteiger charge is -2.10. The zero-order valence-electron chi connectivity index (χ0n) is 18.4. The number of hydrogen-bond donors (Lipinski definition) is 1. The molecule has 0 unspecified atom stereocenters. The highest BCUT2D eigenvalue weighted by Gasteiger charge is 2.21. The van der Waals surface area contributed by atoms with Gasteiger partial charge in [0.25, 0.3) is 5.89 Å². The van der Waals surface area contributed by atoms with Crippen molar-refractivity contribution in [2.24, 2.45) is 0 Å². The first-order valence-electron chi connectivity index (χ1n) is 10.6. The van der Waals surface area contributed by atoms with E-state index in [2.05, 4.69) is 14.9 Å². The van der Waals surface area contributed by atoms with Crippen molar-refractivity contribution in [2.45, 2.75) is 24.8 Å². The Morgan fingerprint density at radius 2 is 1.91 bits per heavy atom. The molecule has 0 fully saturated rings. The standard InChI is InChI=1S/C22H23N3O8S/c1-2-29-17-7-4-3-6-16(17)22-24-20(33-25-22)14-32-21(26)13-23-34(27,28)15-8-9-18-19(12-15)31-11-5-10-30-18/h3-4,6-9,12,23H,2,5,10-11,13-14H2,1H3. The van der Waals surface area contributed by atoms with Crippen molar-refractivity contribution in [3.63, 3.8) is 0 Å². The van der Waals surface area contributed by atoms with E-state index in [-0.39, 0.29) is 23.2 Å². The lowest BCUT2D eigenvalue weighted by atomic mass is 10.2. The number of nitrogens with zero attached hydrogens (tertiary/aromatic N) is 2. The molecule has 12 heteroatoms. The Kier molecular flexibility index (Phi) is 7.28. The molecule has 3 aromatic rings. The predicted molar refractivity (Wildman–Crippen MR) is 118 cm³/mol. The van der Waals surface area contributed by atoms with Gasteiger partial charge < -0.3 is 23.5 Å². The fourth-order valence-corrected chi connectivity index (χ4v) is 4.08. The topological polar surface area (TPSA) is 139 Å². The predicted octanol–water partition coefficient (Wildman–Crippen LogP) is 2.32. The quantitative estimate of drug-likeness (QED) is 0.445. The van der Waals surface area contributed by atoms with E-state index in [0.717, 1.165) is 0 Å². The minimum absolute atomic E-state index is 0.0559. The first-order chi connectivity index (χ1) is 16.5. The lowest BCUT2D eigenvalue weighted by Crippen LogP contribution is -2.30. The van der Waals surface area contributed by atoms with E-state index in [0.29, 0.717) is 49.1 Å². The fraction of sp³-hybridized carbons (Fsp3) is 0.318. The third-order valence-electron chi connectivity index (χ3n) is 4.69. The van der Waals surface area contributed by atoms with Crippen molar-refractivity contribution in [1.82, 2.24) is 14.9 Å². The van der Waals surface area contributed by atoms with Crippen LogP contribution in [0.5, 0.6) is 17.2 Å². The number of hydrogen-bond acceptors (Lipinski definition) is 10. The molecule has 1 aliphatic heterocycles. The van der Waals surface area contributed by atoms with Crippen LogP contribution in [0.15, 0.2) is 51.9 Å². The molecular weight excluding hydrogens is 466 g/mol. The number of ether oxygens (including phenoxy) is 4. The molecule has 0 amide bonds. The number of benzene rings is 2. The first kappa shape index (κ1) is 23.5. The summed E-state index contributed by atoms with van der Waals surface area (Å²) in [4.78, 5) is 16.2. The fourth-order valence-electron chi connectivity index (χ4n) is 3.10. The van der Waals surface area contributed by atoms with Gasteiger partial charge in [-0.25, -0.2) is 8.42 Å². The molecule has 4 rings (SSSR count). The van der Waals surface area contributed by atoms with Crippen LogP contribution < -0.4 is 18.9 Å². The second-order valence-corrected chi connectivity index (χ2v) is 8.85. The van der Waals surface area contributed by atoms with Gasteiger partial charge in [0.1, 0.15) is 12.3 Å². The number of sulfonamides is 1. The van der Waals surface area contributed by atoms with Crippen LogP contribution in [0.25, 0.3) is 11.4 Å². The Labute approximate surface area is 196 Å². The average Bonchev–Trinajstić information content (AvgIpc) is 3.18. The summed E-state index contributed by atoms with van der Waals surface area (Å²) in [6.07, 6.45) is 0.696. The van der Waals surface area contributed by atoms with Gasteiger partial charge >= 0.3 is 5.97 Å². The monoisotopic (exact) mass is 489 g/mol. The molecule has 0 saturated carbocycles. The van der Waals surface area contributed by atoms with Crippen LogP contribution in [0.3, 0.4) is 0 Å². The molecule has 34 heavy (non-hydrogen) atoms. The number of esters is 1. The summed E-state index contributed by atoms with van der Waals surface area (Å²) < 4.78 is 54.1. The molecule has 0 atom stereocenters. The van der Waals surface area contributed by atoms with Crippen molar-refractivity contribution in [2.75, 3.05) is 26.4 Å². The minimum atomic E-state index is -3.98. The molecule has 0 radical (unpaired) electrons. The SMILES string of the molecule is CCOc1ccccc1-c1noc(COC(=O)CNS(=O)(=O)c2ccc3c(c2)OCCCO3)n1. The summed E-state index contributed by atoms with van der Waals surface area (Å²) >= 11 is 0. The Balaban J connectivity index is 1.32. The molecule has 1 aromatic heterocycles. The molecule has 0 spiro atoms. The number of para-hydroxylation sites is 1. The Morgan fingerprint density at radius 1 is 1.12 bits per heavy atom. The van der Waals surface area contributed by atoms with Gasteiger partial charge in [-0.2, -0.15) is 9.71 Å². The van der Waals surface area contributed by atoms with Crippen molar-refractivity contribution in [1.29, 1.82) is 0 Å². The number of carbonyl (C=O) groups excluding carboxylic acids is 1. The highest BCUT2D eigenvalue weighted by Crippen LogP contribution is 2.32. The molecule has 2 aromatic carbocycles. The highest BCUT2D eigenvalue weighted by molar-refractivity contribution is 7.89. The number of fused-ring (bicyclic) bond motifs is 1. The molecule has 2 heterocycles. The van der Waals surface area contributed by atoms with Crippen LogP contribution in [-0.4, -0.2) is 50.9 Å². The number of aromatic nitrogens is 2. The second-order valence-electron chi connectivity index (χ2n) is 7.09. The summed E-state index contributed by atoms with van der Waals surface area (Å²) in [7, 11) is -3.98. The van der Waals surface area contributed by atoms with Gasteiger partial charge in [-0.3, -0.25) is 4.79 Å². The number of carbonyl (C=O) groups is 1. The van der Waals surface area contributed by atoms with E-state index in [1.807, 2.05) is 19.1 Å². The van der Waals surface area contributed by atoms with Crippen molar-refractivity contribution in [3.8, 4) is 28.6 Å². The largest absolute Gasteiger partial charge is 0.493 e. The molecule has 11 nitrogen and oxygen atoms in total. The third-order valence-corrected chi connectivity index (χ3v) is 6.09. The van der Waals surface area contributed by atoms with Gasteiger partial charge in [0.05, 0.1) is 30.3 Å². The second kappa shape index (κ2) is 10.5. The number of nitrogens with one attached hydrogen (secondary N) is 1. The molecule has 0 bridgehead atoms. The van der Waals surface area contributed by atoms with Gasteiger partial charge in [-0.1, -0.05) is 17.3 Å². The molecule has 180 valence electrons. The van der Waals surface area contributed by atoms with E-state index in [9.17, 15) is 13.2 Å². The molecule has 0 saturated heterocycles. The third kappa shape index (κ3) is 5.64. The molecule has 1 aliphatic rings. The van der Waals surface area contributed by atoms with Gasteiger partial charge in [-0.15, -0.1) is 0 Å². The van der Waals surface area contributed by atoms with E-state index < -0.39 is 22.5 Å². The van der Waals surface area contributed by atoms with Gasteiger partial charge in [-0.05, 0) is 31.2 Å². The maximum absolute atomic E-state index is 12.6. The highest BCUT2D eigenvalue weighted by atomic mass is 32.2. The van der Waals surface area contributed by atoms with Crippen LogP contribution >= 0.6 is 0 Å². The summed E-state index contributed by atoms with van der Waals surface area (Å²) in [5.74, 6) is 0.927. The smallest absolute Gasteiger partial charge is 0.321 e. The Bertz CT molecular complexity index is 1260. The van der Waals surface area contributed by atoms with Crippen LogP contribution in [0.2, 0.25) is 0 Å². The van der Waals surface area contributed by atoms with Crippen molar-refractivity contribution in [3.05, 3.63) is 48.4 Å². The summed E-state index contributed by atoms with van der Waals surface area (Å²) in [5, 5.41) is 3.88. The van der Waals surface area contributed by atoms with Crippen LogP contribution in [0, 0.1) is 0 Å². The Hall–Kier alpha value is -3.64. The van der Waals surface area contributed by atoms with Gasteiger partial charge in [0.15, 0.2) is 18.1 Å². The maximum Gasteiger partial charge on any atom is 0.321 e. The van der Waals surface area contributed by atoms with Crippen LogP contribution in [-0.2, 0) is 26.2 Å². The van der Waals surface area contributed by atoms with E-state index >= 15 is 0 Å². The van der Waals surface area contributed by atoms with Gasteiger partial charge in [0, 0.05) is 12.5 Å². The Morgan fingerprint density at radius 3 is 2.74 bits per heavy atom. The average molecular weight is 490 g/mol. The molecule has 1 N–H and O–H groups in total. The van der Waals surface area contributed by atoms with Crippen molar-refractivity contribution >= 4 is 16.0 Å². The summed E-state index contributed by atoms with van der Waals surface area (Å²) in [5.41, 5.74) is 0.633. The molecule has 0 aliphatic carbocycles. The normalized spacial score (nSPS) is 13.2. The molecular formula is C22H23N3O8S. The number of rotatable bonds is 9. The van der Waals surface area contributed by atoms with Crippen LogP contribution in [0.1, 0.15) is 19.2 Å². The van der Waals surface area contributed by atoms with E-state index in [4.69, 9.17) is 23.5 Å². The van der Waals surface area contributed by atoms with Crippen LogP contribution in [0.4, 0.5) is 0 Å². The minimum Gasteiger partial charge on any atom is -0.493 e. The summed E-state index contributed by atoms with van der Waals surface area (Å²) in [6.45, 7) is 2.36. The van der Waals surface area contributed by atoms with E-state index in [1.54, 1.807) is 12.1 Å². The lowest BCUT2D eigenvalue weighted by molar-refractivity contribution is -0.144.